The van der Waals surface area contributed by atoms with Crippen LogP contribution < -0.4 is 4.90 Å². The van der Waals surface area contributed by atoms with Gasteiger partial charge in [-0.3, -0.25) is 0 Å². The summed E-state index contributed by atoms with van der Waals surface area (Å²) in [4.78, 5) is 2.33. The minimum atomic E-state index is 0.759. The average Bonchev–Trinajstić information content (AvgIpc) is 2.32. The van der Waals surface area contributed by atoms with E-state index in [9.17, 15) is 0 Å². The molecule has 2 rings (SSSR count). The van der Waals surface area contributed by atoms with Gasteiger partial charge in [0.2, 0.25) is 0 Å². The Morgan fingerprint density at radius 2 is 1.88 bits per heavy atom. The Morgan fingerprint density at radius 3 is 2.50 bits per heavy atom. The van der Waals surface area contributed by atoms with Crippen molar-refractivity contribution >= 4 is 11.4 Å². The first-order valence-electron chi connectivity index (χ1n) is 5.54. The van der Waals surface area contributed by atoms with Crippen molar-refractivity contribution in [1.82, 2.24) is 0 Å². The van der Waals surface area contributed by atoms with E-state index < -0.39 is 0 Å². The van der Waals surface area contributed by atoms with Crippen molar-refractivity contribution in [3.05, 3.63) is 23.3 Å². The quantitative estimate of drug-likeness (QED) is 0.777. The maximum absolute atomic E-state index is 7.09. The fraction of sp³-hybridized carbons (Fsp3) is 0.500. The first-order chi connectivity index (χ1) is 7.72. The molecule has 0 amide bonds. The van der Waals surface area contributed by atoms with E-state index in [4.69, 9.17) is 10.3 Å². The van der Waals surface area contributed by atoms with E-state index >= 15 is 0 Å². The Morgan fingerprint density at radius 1 is 1.19 bits per heavy atom. The molecule has 0 bridgehead atoms. The van der Waals surface area contributed by atoms with E-state index in [1.54, 1.807) is 0 Å². The van der Waals surface area contributed by atoms with E-state index in [2.05, 4.69) is 23.0 Å². The first-order valence-corrected chi connectivity index (χ1v) is 5.54. The Labute approximate surface area is 95.7 Å². The maximum atomic E-state index is 7.09. The molecule has 1 N–H and O–H groups in total. The second-order valence-corrected chi connectivity index (χ2v) is 4.14. The highest BCUT2D eigenvalue weighted by molar-refractivity contribution is 5.62. The number of hydrogen-bond donors (Lipinski definition) is 1. The van der Waals surface area contributed by atoms with Crippen LogP contribution in [0, 0.1) is 19.4 Å². The molecule has 16 heavy (non-hydrogen) atoms. The van der Waals surface area contributed by atoms with Gasteiger partial charge < -0.3 is 9.64 Å². The number of nitrogens with one attached hydrogen (secondary N) is 1. The molecule has 1 aliphatic rings. The van der Waals surface area contributed by atoms with Gasteiger partial charge in [0, 0.05) is 18.8 Å². The summed E-state index contributed by atoms with van der Waals surface area (Å²) < 4.78 is 5.35. The summed E-state index contributed by atoms with van der Waals surface area (Å²) in [6, 6.07) is 4.10. The summed E-state index contributed by atoms with van der Waals surface area (Å²) in [5.74, 6) is 0. The molecule has 1 fully saturated rings. The number of ether oxygens (including phenoxy) is 1. The van der Waals surface area contributed by atoms with E-state index in [0.29, 0.717) is 0 Å². The Kier molecular flexibility index (Phi) is 3.19. The number of nitrogens with zero attached hydrogens (tertiary/aromatic N) is 2. The zero-order chi connectivity index (χ0) is 11.5. The predicted octanol–water partition coefficient (Wildman–Crippen LogP) is 2.80. The van der Waals surface area contributed by atoms with Crippen molar-refractivity contribution in [2.45, 2.75) is 13.8 Å². The monoisotopic (exact) mass is 219 g/mol. The molecule has 0 radical (unpaired) electrons. The summed E-state index contributed by atoms with van der Waals surface area (Å²) in [6.07, 6.45) is 0. The molecule has 1 aromatic carbocycles. The second kappa shape index (κ2) is 4.61. The number of rotatable bonds is 2. The van der Waals surface area contributed by atoms with Crippen LogP contribution in [-0.4, -0.2) is 26.3 Å². The average molecular weight is 219 g/mol. The summed E-state index contributed by atoms with van der Waals surface area (Å²) in [7, 11) is 0. The smallest absolute Gasteiger partial charge is 0.0883 e. The molecule has 86 valence electrons. The fourth-order valence-corrected chi connectivity index (χ4v) is 2.05. The van der Waals surface area contributed by atoms with Crippen molar-refractivity contribution in [3.63, 3.8) is 0 Å². The second-order valence-electron chi connectivity index (χ2n) is 4.14. The summed E-state index contributed by atoms with van der Waals surface area (Å²) in [5, 5.41) is 3.52. The molecule has 4 heteroatoms. The zero-order valence-corrected chi connectivity index (χ0v) is 9.79. The minimum absolute atomic E-state index is 0.759. The van der Waals surface area contributed by atoms with E-state index in [-0.39, 0.29) is 0 Å². The lowest BCUT2D eigenvalue weighted by Crippen LogP contribution is -2.36. The van der Waals surface area contributed by atoms with Crippen molar-refractivity contribution in [3.8, 4) is 0 Å². The van der Waals surface area contributed by atoms with Crippen LogP contribution >= 0.6 is 0 Å². The summed E-state index contributed by atoms with van der Waals surface area (Å²) in [6.45, 7) is 7.54. The molecule has 0 saturated carbocycles. The molecule has 1 aliphatic heterocycles. The third-order valence-electron chi connectivity index (χ3n) is 2.99. The van der Waals surface area contributed by atoms with Crippen LogP contribution in [-0.2, 0) is 4.74 Å². The molecule has 0 atom stereocenters. The molecule has 1 heterocycles. The third-order valence-corrected chi connectivity index (χ3v) is 2.99. The SMILES string of the molecule is Cc1cc(N2CCOCC2)c(C)cc1N=N. The number of hydrogen-bond acceptors (Lipinski definition) is 4. The fourth-order valence-electron chi connectivity index (χ4n) is 2.05. The van der Waals surface area contributed by atoms with Crippen LogP contribution in [0.15, 0.2) is 17.2 Å². The topological polar surface area (TPSA) is 48.7 Å². The minimum Gasteiger partial charge on any atom is -0.378 e. The lowest BCUT2D eigenvalue weighted by Gasteiger charge is -2.30. The normalized spacial score (nSPS) is 16.2. The highest BCUT2D eigenvalue weighted by atomic mass is 16.5. The van der Waals surface area contributed by atoms with Crippen LogP contribution in [0.3, 0.4) is 0 Å². The number of anilines is 1. The van der Waals surface area contributed by atoms with E-state index in [0.717, 1.165) is 37.6 Å². The molecule has 0 unspecified atom stereocenters. The largest absolute Gasteiger partial charge is 0.378 e. The Bertz CT molecular complexity index is 397. The standard InChI is InChI=1S/C12H17N3O/c1-9-8-12(10(2)7-11(9)14-13)15-3-5-16-6-4-15/h7-8,13H,3-6H2,1-2H3. The van der Waals surface area contributed by atoms with Crippen LogP contribution in [0.25, 0.3) is 0 Å². The van der Waals surface area contributed by atoms with Gasteiger partial charge >= 0.3 is 0 Å². The maximum Gasteiger partial charge on any atom is 0.0883 e. The number of aryl methyl sites for hydroxylation is 2. The highest BCUT2D eigenvalue weighted by Gasteiger charge is 2.14. The van der Waals surface area contributed by atoms with Crippen LogP contribution in [0.5, 0.6) is 0 Å². The first kappa shape index (κ1) is 11.1. The van der Waals surface area contributed by atoms with Gasteiger partial charge in [-0.05, 0) is 37.1 Å². The number of benzene rings is 1. The molecular weight excluding hydrogens is 202 g/mol. The van der Waals surface area contributed by atoms with Gasteiger partial charge in [-0.15, -0.1) is 0 Å². The van der Waals surface area contributed by atoms with Crippen molar-refractivity contribution < 1.29 is 4.74 Å². The molecule has 0 aliphatic carbocycles. The highest BCUT2D eigenvalue weighted by Crippen LogP contribution is 2.29. The lowest BCUT2D eigenvalue weighted by molar-refractivity contribution is 0.122. The zero-order valence-electron chi connectivity index (χ0n) is 9.79. The van der Waals surface area contributed by atoms with Crippen LogP contribution in [0.1, 0.15) is 11.1 Å². The molecule has 1 saturated heterocycles. The van der Waals surface area contributed by atoms with Gasteiger partial charge in [0.1, 0.15) is 0 Å². The number of morpholine rings is 1. The van der Waals surface area contributed by atoms with E-state index in [1.807, 2.05) is 13.0 Å². The molecule has 4 nitrogen and oxygen atoms in total. The van der Waals surface area contributed by atoms with Gasteiger partial charge in [-0.1, -0.05) is 0 Å². The van der Waals surface area contributed by atoms with Gasteiger partial charge in [0.15, 0.2) is 0 Å². The van der Waals surface area contributed by atoms with Gasteiger partial charge in [0.05, 0.1) is 18.9 Å². The van der Waals surface area contributed by atoms with Crippen LogP contribution in [0.2, 0.25) is 0 Å². The third kappa shape index (κ3) is 2.07. The predicted molar refractivity (Wildman–Crippen MR) is 63.8 cm³/mol. The lowest BCUT2D eigenvalue weighted by atomic mass is 10.1. The van der Waals surface area contributed by atoms with Crippen molar-refractivity contribution in [2.24, 2.45) is 5.11 Å². The Hall–Kier alpha value is -1.42. The van der Waals surface area contributed by atoms with Crippen molar-refractivity contribution in [1.29, 1.82) is 5.53 Å². The van der Waals surface area contributed by atoms with E-state index in [1.165, 1.54) is 11.3 Å². The van der Waals surface area contributed by atoms with Gasteiger partial charge in [-0.25, -0.2) is 5.53 Å². The Balaban J connectivity index is 2.33. The van der Waals surface area contributed by atoms with Gasteiger partial charge in [0.25, 0.3) is 0 Å². The molecular formula is C12H17N3O. The summed E-state index contributed by atoms with van der Waals surface area (Å²) >= 11 is 0. The van der Waals surface area contributed by atoms with Gasteiger partial charge in [-0.2, -0.15) is 5.11 Å². The molecule has 0 aromatic heterocycles. The van der Waals surface area contributed by atoms with Crippen molar-refractivity contribution in [2.75, 3.05) is 31.2 Å². The van der Waals surface area contributed by atoms with Crippen LogP contribution in [0.4, 0.5) is 11.4 Å². The summed E-state index contributed by atoms with van der Waals surface area (Å²) in [5.41, 5.74) is 11.3. The molecule has 0 spiro atoms. The molecule has 1 aromatic rings.